The topological polar surface area (TPSA) is 102 Å². The maximum atomic E-state index is 12.1. The molecule has 0 bridgehead atoms. The van der Waals surface area contributed by atoms with Crippen LogP contribution < -0.4 is 10.9 Å². The number of pyridine rings is 1. The molecule has 0 radical (unpaired) electrons. The molecule has 0 saturated heterocycles. The Labute approximate surface area is 128 Å². The Kier molecular flexibility index (Phi) is 4.97. The molecule has 1 aliphatic carbocycles. The lowest BCUT2D eigenvalue weighted by molar-refractivity contribution is -0.139. The number of hydrogen-bond donors (Lipinski definition) is 3. The van der Waals surface area contributed by atoms with Gasteiger partial charge in [0.1, 0.15) is 5.56 Å². The minimum atomic E-state index is -0.847. The molecule has 1 aromatic rings. The van der Waals surface area contributed by atoms with Crippen LogP contribution in [0, 0.1) is 6.92 Å². The number of carbonyl (C=O) groups is 2. The van der Waals surface area contributed by atoms with E-state index in [1.807, 2.05) is 11.8 Å². The summed E-state index contributed by atoms with van der Waals surface area (Å²) < 4.78 is 0. The molecule has 0 unspecified atom stereocenters. The lowest BCUT2D eigenvalue weighted by Crippen LogP contribution is -2.55. The van der Waals surface area contributed by atoms with Gasteiger partial charge in [0.15, 0.2) is 0 Å². The highest BCUT2D eigenvalue weighted by atomic mass is 16.4. The van der Waals surface area contributed by atoms with Crippen LogP contribution in [-0.2, 0) is 4.79 Å². The molecule has 0 atom stereocenters. The van der Waals surface area contributed by atoms with Crippen LogP contribution in [0.4, 0.5) is 0 Å². The number of rotatable bonds is 6. The van der Waals surface area contributed by atoms with Gasteiger partial charge in [-0.05, 0) is 38.4 Å². The summed E-state index contributed by atoms with van der Waals surface area (Å²) in [5, 5.41) is 11.7. The first kappa shape index (κ1) is 16.2. The number of aromatic nitrogens is 1. The summed E-state index contributed by atoms with van der Waals surface area (Å²) in [6.07, 6.45) is 1.41. The summed E-state index contributed by atoms with van der Waals surface area (Å²) in [4.78, 5) is 39.0. The molecule has 3 N–H and O–H groups in total. The van der Waals surface area contributed by atoms with Crippen molar-refractivity contribution in [3.05, 3.63) is 33.7 Å². The van der Waals surface area contributed by atoms with Crippen molar-refractivity contribution in [2.75, 3.05) is 13.1 Å². The van der Waals surface area contributed by atoms with Crippen molar-refractivity contribution < 1.29 is 14.7 Å². The fraction of sp³-hybridized carbons (Fsp3) is 0.533. The number of amides is 1. The van der Waals surface area contributed by atoms with Gasteiger partial charge in [0, 0.05) is 17.8 Å². The molecule has 2 rings (SSSR count). The molecule has 1 aromatic heterocycles. The molecule has 0 aliphatic heterocycles. The lowest BCUT2D eigenvalue weighted by atomic mass is 9.85. The number of aliphatic carboxylic acids is 1. The minimum absolute atomic E-state index is 0.0129. The average Bonchev–Trinajstić information content (AvgIpc) is 2.39. The summed E-state index contributed by atoms with van der Waals surface area (Å²) in [6.45, 7) is 4.34. The van der Waals surface area contributed by atoms with Gasteiger partial charge < -0.3 is 15.4 Å². The predicted octanol–water partition coefficient (Wildman–Crippen LogP) is 0.351. The summed E-state index contributed by atoms with van der Waals surface area (Å²) in [6, 6.07) is 3.36. The van der Waals surface area contributed by atoms with Crippen LogP contribution in [0.3, 0.4) is 0 Å². The van der Waals surface area contributed by atoms with Gasteiger partial charge in [-0.15, -0.1) is 0 Å². The Morgan fingerprint density at radius 1 is 1.41 bits per heavy atom. The Morgan fingerprint density at radius 3 is 2.64 bits per heavy atom. The molecule has 1 amide bonds. The van der Waals surface area contributed by atoms with Gasteiger partial charge in [0.05, 0.1) is 6.54 Å². The molecule has 0 aromatic carbocycles. The Balaban J connectivity index is 1.88. The second-order valence-electron chi connectivity index (χ2n) is 5.64. The fourth-order valence-electron chi connectivity index (χ4n) is 2.69. The van der Waals surface area contributed by atoms with Crippen molar-refractivity contribution in [3.63, 3.8) is 0 Å². The average molecular weight is 307 g/mol. The van der Waals surface area contributed by atoms with Gasteiger partial charge in [-0.2, -0.15) is 0 Å². The van der Waals surface area contributed by atoms with Crippen molar-refractivity contribution in [3.8, 4) is 0 Å². The van der Waals surface area contributed by atoms with Crippen LogP contribution >= 0.6 is 0 Å². The molecule has 7 heteroatoms. The van der Waals surface area contributed by atoms with Crippen LogP contribution in [0.15, 0.2) is 16.9 Å². The van der Waals surface area contributed by atoms with Gasteiger partial charge in [0.2, 0.25) is 0 Å². The standard InChI is InChI=1S/C15H21N3O4/c1-3-18(8-13(19)20)11-6-10(7-11)17-15(22)12-5-4-9(2)16-14(12)21/h4-5,10-11H,3,6-8H2,1-2H3,(H,16,21)(H,17,22)(H,19,20). The van der Waals surface area contributed by atoms with E-state index in [0.717, 1.165) is 0 Å². The molecule has 1 heterocycles. The molecule has 120 valence electrons. The Morgan fingerprint density at radius 2 is 2.09 bits per heavy atom. The molecule has 22 heavy (non-hydrogen) atoms. The van der Waals surface area contributed by atoms with E-state index >= 15 is 0 Å². The number of carboxylic acids is 1. The Bertz CT molecular complexity index is 619. The maximum Gasteiger partial charge on any atom is 0.317 e. The smallest absolute Gasteiger partial charge is 0.317 e. The fourth-order valence-corrected chi connectivity index (χ4v) is 2.69. The number of hydrogen-bond acceptors (Lipinski definition) is 4. The summed E-state index contributed by atoms with van der Waals surface area (Å²) in [5.74, 6) is -1.23. The maximum absolute atomic E-state index is 12.1. The molecule has 1 fully saturated rings. The normalized spacial score (nSPS) is 20.5. The van der Waals surface area contributed by atoms with Crippen molar-refractivity contribution in [2.45, 2.75) is 38.8 Å². The first-order chi connectivity index (χ1) is 10.4. The highest BCUT2D eigenvalue weighted by molar-refractivity contribution is 5.94. The third-order valence-electron chi connectivity index (χ3n) is 4.01. The van der Waals surface area contributed by atoms with E-state index in [2.05, 4.69) is 10.3 Å². The largest absolute Gasteiger partial charge is 0.480 e. The lowest BCUT2D eigenvalue weighted by Gasteiger charge is -2.42. The quantitative estimate of drug-likeness (QED) is 0.704. The Hall–Kier alpha value is -2.15. The second kappa shape index (κ2) is 6.74. The first-order valence-corrected chi connectivity index (χ1v) is 7.37. The first-order valence-electron chi connectivity index (χ1n) is 7.37. The molecule has 1 aliphatic rings. The van der Waals surface area contributed by atoms with Crippen molar-refractivity contribution in [1.29, 1.82) is 0 Å². The van der Waals surface area contributed by atoms with E-state index in [9.17, 15) is 14.4 Å². The highest BCUT2D eigenvalue weighted by Crippen LogP contribution is 2.25. The zero-order chi connectivity index (χ0) is 16.3. The highest BCUT2D eigenvalue weighted by Gasteiger charge is 2.35. The monoisotopic (exact) mass is 307 g/mol. The SMILES string of the molecule is CCN(CC(=O)O)C1CC(NC(=O)c2ccc(C)[nH]c2=O)C1. The number of aromatic amines is 1. The molecule has 1 saturated carbocycles. The van der Waals surface area contributed by atoms with Crippen LogP contribution in [0.2, 0.25) is 0 Å². The van der Waals surface area contributed by atoms with Crippen molar-refractivity contribution in [1.82, 2.24) is 15.2 Å². The molecular formula is C15H21N3O4. The van der Waals surface area contributed by atoms with Gasteiger partial charge >= 0.3 is 5.97 Å². The van der Waals surface area contributed by atoms with E-state index in [1.54, 1.807) is 13.0 Å². The predicted molar refractivity (Wildman–Crippen MR) is 81.0 cm³/mol. The van der Waals surface area contributed by atoms with Gasteiger partial charge in [-0.1, -0.05) is 6.92 Å². The number of nitrogens with one attached hydrogen (secondary N) is 2. The van der Waals surface area contributed by atoms with Crippen LogP contribution in [-0.4, -0.2) is 52.0 Å². The summed E-state index contributed by atoms with van der Waals surface area (Å²) >= 11 is 0. The van der Waals surface area contributed by atoms with E-state index in [4.69, 9.17) is 5.11 Å². The minimum Gasteiger partial charge on any atom is -0.480 e. The third-order valence-corrected chi connectivity index (χ3v) is 4.01. The van der Waals surface area contributed by atoms with Gasteiger partial charge in [0.25, 0.3) is 11.5 Å². The summed E-state index contributed by atoms with van der Waals surface area (Å²) in [7, 11) is 0. The molecule has 7 nitrogen and oxygen atoms in total. The van der Waals surface area contributed by atoms with E-state index in [-0.39, 0.29) is 30.1 Å². The summed E-state index contributed by atoms with van der Waals surface area (Å²) in [5.41, 5.74) is 0.416. The second-order valence-corrected chi connectivity index (χ2v) is 5.64. The third kappa shape index (κ3) is 3.73. The number of nitrogens with zero attached hydrogens (tertiary/aromatic N) is 1. The van der Waals surface area contributed by atoms with Crippen molar-refractivity contribution >= 4 is 11.9 Å². The van der Waals surface area contributed by atoms with Crippen LogP contribution in [0.25, 0.3) is 0 Å². The molecular weight excluding hydrogens is 286 g/mol. The number of aryl methyl sites for hydroxylation is 1. The van der Waals surface area contributed by atoms with Gasteiger partial charge in [-0.3, -0.25) is 19.3 Å². The van der Waals surface area contributed by atoms with E-state index < -0.39 is 11.5 Å². The van der Waals surface area contributed by atoms with Crippen LogP contribution in [0.5, 0.6) is 0 Å². The van der Waals surface area contributed by atoms with Crippen LogP contribution in [0.1, 0.15) is 35.8 Å². The van der Waals surface area contributed by atoms with E-state index in [1.165, 1.54) is 6.07 Å². The zero-order valence-corrected chi connectivity index (χ0v) is 12.8. The number of H-pyrrole nitrogens is 1. The van der Waals surface area contributed by atoms with E-state index in [0.29, 0.717) is 25.1 Å². The zero-order valence-electron chi connectivity index (χ0n) is 12.8. The van der Waals surface area contributed by atoms with Crippen molar-refractivity contribution in [2.24, 2.45) is 0 Å². The van der Waals surface area contributed by atoms with Gasteiger partial charge in [-0.25, -0.2) is 0 Å². The number of carbonyl (C=O) groups excluding carboxylic acids is 1. The number of carboxylic acid groups (broad SMARTS) is 1. The molecule has 0 spiro atoms. The number of likely N-dealkylation sites (N-methyl/N-ethyl adjacent to an activating group) is 1.